The number of methoxy groups -OCH3 is 1. The molecule has 0 saturated heterocycles. The van der Waals surface area contributed by atoms with Gasteiger partial charge in [-0.15, -0.1) is 0 Å². The van der Waals surface area contributed by atoms with E-state index in [4.69, 9.17) is 4.74 Å². The van der Waals surface area contributed by atoms with Crippen LogP contribution in [0.5, 0.6) is 5.75 Å². The highest BCUT2D eigenvalue weighted by atomic mass is 19.1. The van der Waals surface area contributed by atoms with E-state index in [2.05, 4.69) is 5.32 Å². The van der Waals surface area contributed by atoms with E-state index in [1.54, 1.807) is 19.2 Å². The molecule has 3 nitrogen and oxygen atoms in total. The van der Waals surface area contributed by atoms with Gasteiger partial charge in [0.25, 0.3) is 0 Å². The van der Waals surface area contributed by atoms with Crippen molar-refractivity contribution >= 4 is 0 Å². The average Bonchev–Trinajstić information content (AvgIpc) is 2.56. The topological polar surface area (TPSA) is 41.5 Å². The minimum atomic E-state index is -0.661. The summed E-state index contributed by atoms with van der Waals surface area (Å²) in [5.41, 5.74) is 1.38. The summed E-state index contributed by atoms with van der Waals surface area (Å²) < 4.78 is 18.1. The van der Waals surface area contributed by atoms with Crippen LogP contribution in [0.3, 0.4) is 0 Å². The predicted molar refractivity (Wildman–Crippen MR) is 90.1 cm³/mol. The van der Waals surface area contributed by atoms with Crippen LogP contribution in [0.1, 0.15) is 31.1 Å². The van der Waals surface area contributed by atoms with Gasteiger partial charge in [0.15, 0.2) is 0 Å². The molecule has 0 aromatic heterocycles. The van der Waals surface area contributed by atoms with Crippen LogP contribution >= 0.6 is 0 Å². The van der Waals surface area contributed by atoms with Crippen LogP contribution in [0.25, 0.3) is 0 Å². The Hall–Kier alpha value is -1.91. The van der Waals surface area contributed by atoms with E-state index in [9.17, 15) is 9.50 Å². The molecule has 0 bridgehead atoms. The summed E-state index contributed by atoms with van der Waals surface area (Å²) in [5.74, 6) is 0.499. The van der Waals surface area contributed by atoms with Gasteiger partial charge in [0, 0.05) is 5.54 Å². The lowest BCUT2D eigenvalue weighted by Crippen LogP contribution is -2.45. The number of hydrogen-bond acceptors (Lipinski definition) is 3. The van der Waals surface area contributed by atoms with Crippen LogP contribution in [0.4, 0.5) is 4.39 Å². The van der Waals surface area contributed by atoms with E-state index in [0.29, 0.717) is 6.54 Å². The van der Waals surface area contributed by atoms with Gasteiger partial charge in [-0.3, -0.25) is 0 Å². The van der Waals surface area contributed by atoms with Crippen molar-refractivity contribution in [3.8, 4) is 5.75 Å². The lowest BCUT2D eigenvalue weighted by Gasteiger charge is -2.32. The first-order valence-electron chi connectivity index (χ1n) is 7.74. The van der Waals surface area contributed by atoms with Gasteiger partial charge in [0.2, 0.25) is 0 Å². The SMILES string of the molecule is COc1cccc([C@H](O)C(C)(C)NCCc2ccc(F)cc2)c1. The first kappa shape index (κ1) is 17.4. The molecule has 0 aliphatic carbocycles. The maximum atomic E-state index is 12.9. The molecule has 4 heteroatoms. The Kier molecular flexibility index (Phi) is 5.74. The van der Waals surface area contributed by atoms with Crippen LogP contribution in [-0.2, 0) is 6.42 Å². The smallest absolute Gasteiger partial charge is 0.123 e. The zero-order chi connectivity index (χ0) is 16.9. The summed E-state index contributed by atoms with van der Waals surface area (Å²) >= 11 is 0. The van der Waals surface area contributed by atoms with Gasteiger partial charge in [-0.05, 0) is 62.2 Å². The van der Waals surface area contributed by atoms with Crippen molar-refractivity contribution in [2.75, 3.05) is 13.7 Å². The lowest BCUT2D eigenvalue weighted by molar-refractivity contribution is 0.0805. The quantitative estimate of drug-likeness (QED) is 0.821. The van der Waals surface area contributed by atoms with E-state index < -0.39 is 11.6 Å². The van der Waals surface area contributed by atoms with Gasteiger partial charge in [0.05, 0.1) is 13.2 Å². The highest BCUT2D eigenvalue weighted by Gasteiger charge is 2.28. The second-order valence-electron chi connectivity index (χ2n) is 6.20. The van der Waals surface area contributed by atoms with Gasteiger partial charge < -0.3 is 15.2 Å². The fourth-order valence-electron chi connectivity index (χ4n) is 2.51. The number of halogens is 1. The Labute approximate surface area is 137 Å². The van der Waals surface area contributed by atoms with Crippen molar-refractivity contribution in [2.45, 2.75) is 31.9 Å². The number of hydrogen-bond donors (Lipinski definition) is 2. The van der Waals surface area contributed by atoms with E-state index in [-0.39, 0.29) is 5.82 Å². The summed E-state index contributed by atoms with van der Waals surface area (Å²) in [6, 6.07) is 13.9. The molecule has 0 aliphatic rings. The molecule has 1 atom stereocenters. The highest BCUT2D eigenvalue weighted by Crippen LogP contribution is 2.27. The second-order valence-corrected chi connectivity index (χ2v) is 6.20. The van der Waals surface area contributed by atoms with Crippen molar-refractivity contribution in [3.05, 3.63) is 65.5 Å². The molecule has 0 heterocycles. The van der Waals surface area contributed by atoms with Crippen molar-refractivity contribution in [1.29, 1.82) is 0 Å². The molecule has 2 aromatic carbocycles. The Morgan fingerprint density at radius 2 is 1.87 bits per heavy atom. The zero-order valence-corrected chi connectivity index (χ0v) is 13.8. The van der Waals surface area contributed by atoms with Gasteiger partial charge in [-0.2, -0.15) is 0 Å². The van der Waals surface area contributed by atoms with Crippen LogP contribution in [0, 0.1) is 5.82 Å². The summed E-state index contributed by atoms with van der Waals surface area (Å²) in [6.07, 6.45) is 0.111. The molecule has 2 N–H and O–H groups in total. The molecule has 0 fully saturated rings. The molecule has 2 aromatic rings. The third-order valence-electron chi connectivity index (χ3n) is 4.00. The van der Waals surface area contributed by atoms with E-state index >= 15 is 0 Å². The largest absolute Gasteiger partial charge is 0.497 e. The normalized spacial score (nSPS) is 12.9. The van der Waals surface area contributed by atoms with E-state index in [0.717, 1.165) is 23.3 Å². The Bertz CT molecular complexity index is 626. The monoisotopic (exact) mass is 317 g/mol. The molecule has 0 amide bonds. The summed E-state index contributed by atoms with van der Waals surface area (Å²) in [5, 5.41) is 14.0. The number of aliphatic hydroxyl groups excluding tert-OH is 1. The molecule has 2 rings (SSSR count). The molecule has 0 radical (unpaired) electrons. The van der Waals surface area contributed by atoms with Crippen molar-refractivity contribution in [2.24, 2.45) is 0 Å². The maximum absolute atomic E-state index is 12.9. The van der Waals surface area contributed by atoms with Gasteiger partial charge in [-0.25, -0.2) is 4.39 Å². The molecule has 0 saturated carbocycles. The van der Waals surface area contributed by atoms with Crippen molar-refractivity contribution < 1.29 is 14.2 Å². The fourth-order valence-corrected chi connectivity index (χ4v) is 2.51. The lowest BCUT2D eigenvalue weighted by atomic mass is 9.91. The maximum Gasteiger partial charge on any atom is 0.123 e. The number of ether oxygens (including phenoxy) is 1. The standard InChI is InChI=1S/C19H24FNO2/c1-19(2,18(22)15-5-4-6-17(13-15)23-3)21-12-11-14-7-9-16(20)10-8-14/h4-10,13,18,21-22H,11-12H2,1-3H3/t18-/m0/s1. The average molecular weight is 317 g/mol. The first-order chi connectivity index (χ1) is 10.9. The van der Waals surface area contributed by atoms with Gasteiger partial charge in [0.1, 0.15) is 11.6 Å². The third kappa shape index (κ3) is 4.78. The van der Waals surface area contributed by atoms with E-state index in [1.165, 1.54) is 12.1 Å². The molecular weight excluding hydrogens is 293 g/mol. The van der Waals surface area contributed by atoms with Crippen LogP contribution in [0.2, 0.25) is 0 Å². The Morgan fingerprint density at radius 3 is 2.52 bits per heavy atom. The molecule has 0 spiro atoms. The molecular formula is C19H24FNO2. The number of benzene rings is 2. The summed E-state index contributed by atoms with van der Waals surface area (Å²) in [7, 11) is 1.61. The minimum Gasteiger partial charge on any atom is -0.497 e. The molecule has 0 unspecified atom stereocenters. The Balaban J connectivity index is 1.95. The Morgan fingerprint density at radius 1 is 1.17 bits per heavy atom. The predicted octanol–water partition coefficient (Wildman–Crippen LogP) is 3.48. The fraction of sp³-hybridized carbons (Fsp3) is 0.368. The number of aliphatic hydroxyl groups is 1. The number of rotatable bonds is 7. The molecule has 124 valence electrons. The van der Waals surface area contributed by atoms with Crippen LogP contribution < -0.4 is 10.1 Å². The second kappa shape index (κ2) is 7.57. The third-order valence-corrected chi connectivity index (χ3v) is 4.00. The van der Waals surface area contributed by atoms with E-state index in [1.807, 2.05) is 38.1 Å². The summed E-state index contributed by atoms with van der Waals surface area (Å²) in [6.45, 7) is 4.61. The van der Waals surface area contributed by atoms with Crippen LogP contribution in [0.15, 0.2) is 48.5 Å². The molecule has 23 heavy (non-hydrogen) atoms. The van der Waals surface area contributed by atoms with Crippen LogP contribution in [-0.4, -0.2) is 24.3 Å². The van der Waals surface area contributed by atoms with Crippen molar-refractivity contribution in [3.63, 3.8) is 0 Å². The molecule has 0 aliphatic heterocycles. The summed E-state index contributed by atoms with van der Waals surface area (Å²) in [4.78, 5) is 0. The minimum absolute atomic E-state index is 0.226. The highest BCUT2D eigenvalue weighted by molar-refractivity contribution is 5.31. The van der Waals surface area contributed by atoms with Gasteiger partial charge in [-0.1, -0.05) is 24.3 Å². The van der Waals surface area contributed by atoms with Gasteiger partial charge >= 0.3 is 0 Å². The first-order valence-corrected chi connectivity index (χ1v) is 7.74. The zero-order valence-electron chi connectivity index (χ0n) is 13.8. The number of nitrogens with one attached hydrogen (secondary N) is 1. The van der Waals surface area contributed by atoms with Crippen molar-refractivity contribution in [1.82, 2.24) is 5.32 Å².